The van der Waals surface area contributed by atoms with Gasteiger partial charge in [0.1, 0.15) is 11.5 Å². The van der Waals surface area contributed by atoms with Crippen LogP contribution in [0, 0.1) is 6.92 Å². The van der Waals surface area contributed by atoms with Gasteiger partial charge in [-0.2, -0.15) is 0 Å². The number of hydrogen-bond donors (Lipinski definition) is 1. The molecular weight excluding hydrogens is 262 g/mol. The van der Waals surface area contributed by atoms with E-state index in [1.54, 1.807) is 0 Å². The second-order valence-corrected chi connectivity index (χ2v) is 6.66. The van der Waals surface area contributed by atoms with E-state index >= 15 is 0 Å². The first-order valence-corrected chi connectivity index (χ1v) is 8.43. The normalized spacial score (nSPS) is 24.6. The number of furan rings is 1. The van der Waals surface area contributed by atoms with Crippen LogP contribution < -0.4 is 5.32 Å². The molecule has 1 atom stereocenters. The molecule has 0 aromatic carbocycles. The minimum absolute atomic E-state index is 0.659. The van der Waals surface area contributed by atoms with Gasteiger partial charge in [-0.05, 0) is 39.3 Å². The highest BCUT2D eigenvalue weighted by molar-refractivity contribution is 5.21. The summed E-state index contributed by atoms with van der Waals surface area (Å²) in [5.41, 5.74) is 1.36. The lowest BCUT2D eigenvalue weighted by molar-refractivity contribution is 0.0831. The third kappa shape index (κ3) is 3.87. The van der Waals surface area contributed by atoms with Crippen molar-refractivity contribution in [2.24, 2.45) is 0 Å². The van der Waals surface area contributed by atoms with Gasteiger partial charge in [-0.25, -0.2) is 0 Å². The molecule has 0 spiro atoms. The van der Waals surface area contributed by atoms with Crippen LogP contribution in [0.15, 0.2) is 10.5 Å². The Bertz CT molecular complexity index is 467. The van der Waals surface area contributed by atoms with E-state index in [1.807, 2.05) is 0 Å². The molecule has 4 heteroatoms. The largest absolute Gasteiger partial charge is 0.465 e. The Labute approximate surface area is 128 Å². The fourth-order valence-corrected chi connectivity index (χ4v) is 3.29. The second-order valence-electron chi connectivity index (χ2n) is 6.66. The van der Waals surface area contributed by atoms with Gasteiger partial charge in [0.2, 0.25) is 0 Å². The summed E-state index contributed by atoms with van der Waals surface area (Å²) >= 11 is 0. The number of likely N-dealkylation sites (N-methyl/N-ethyl adjacent to an activating group) is 1. The summed E-state index contributed by atoms with van der Waals surface area (Å²) in [6, 6.07) is 3.65. The summed E-state index contributed by atoms with van der Waals surface area (Å²) in [5, 5.41) is 3.52. The lowest BCUT2D eigenvalue weighted by Gasteiger charge is -2.39. The molecule has 1 N–H and O–H groups in total. The van der Waals surface area contributed by atoms with Gasteiger partial charge in [0.05, 0.1) is 6.54 Å². The van der Waals surface area contributed by atoms with Crippen molar-refractivity contribution in [3.63, 3.8) is 0 Å². The summed E-state index contributed by atoms with van der Waals surface area (Å²) in [6.07, 6.45) is 2.65. The highest BCUT2D eigenvalue weighted by Gasteiger charge is 2.24. The fourth-order valence-electron chi connectivity index (χ4n) is 3.29. The molecule has 0 bridgehead atoms. The van der Waals surface area contributed by atoms with Crippen molar-refractivity contribution >= 4 is 0 Å². The lowest BCUT2D eigenvalue weighted by Crippen LogP contribution is -2.51. The minimum atomic E-state index is 0.659. The SMILES string of the molecule is CCN1CCN(Cc2cc(CNC3CC3)oc2C)CC1C. The molecule has 21 heavy (non-hydrogen) atoms. The summed E-state index contributed by atoms with van der Waals surface area (Å²) in [7, 11) is 0. The first-order valence-electron chi connectivity index (χ1n) is 8.43. The second kappa shape index (κ2) is 6.51. The van der Waals surface area contributed by atoms with E-state index in [0.717, 1.165) is 43.7 Å². The van der Waals surface area contributed by atoms with Gasteiger partial charge in [-0.1, -0.05) is 6.92 Å². The van der Waals surface area contributed by atoms with Crippen molar-refractivity contribution in [3.05, 3.63) is 23.2 Å². The summed E-state index contributed by atoms with van der Waals surface area (Å²) in [4.78, 5) is 5.12. The number of rotatable bonds is 6. The van der Waals surface area contributed by atoms with E-state index in [0.29, 0.717) is 6.04 Å². The Morgan fingerprint density at radius 3 is 2.81 bits per heavy atom. The molecule has 0 amide bonds. The number of hydrogen-bond acceptors (Lipinski definition) is 4. The van der Waals surface area contributed by atoms with Crippen molar-refractivity contribution in [3.8, 4) is 0 Å². The Hall–Kier alpha value is -0.840. The number of aryl methyl sites for hydroxylation is 1. The first kappa shape index (κ1) is 15.1. The molecule has 1 aliphatic heterocycles. The van der Waals surface area contributed by atoms with Crippen LogP contribution in [0.1, 0.15) is 43.8 Å². The van der Waals surface area contributed by atoms with Gasteiger partial charge in [-0.3, -0.25) is 9.80 Å². The van der Waals surface area contributed by atoms with E-state index in [1.165, 1.54) is 31.5 Å². The molecule has 1 saturated carbocycles. The predicted octanol–water partition coefficient (Wildman–Crippen LogP) is 2.37. The van der Waals surface area contributed by atoms with E-state index in [2.05, 4.69) is 42.0 Å². The topological polar surface area (TPSA) is 31.6 Å². The van der Waals surface area contributed by atoms with Crippen molar-refractivity contribution < 1.29 is 4.42 Å². The zero-order chi connectivity index (χ0) is 14.8. The maximum Gasteiger partial charge on any atom is 0.118 e. The van der Waals surface area contributed by atoms with Crippen LogP contribution >= 0.6 is 0 Å². The fraction of sp³-hybridized carbons (Fsp3) is 0.765. The highest BCUT2D eigenvalue weighted by atomic mass is 16.3. The monoisotopic (exact) mass is 291 g/mol. The van der Waals surface area contributed by atoms with Crippen LogP contribution in [0.2, 0.25) is 0 Å². The third-order valence-electron chi connectivity index (χ3n) is 4.86. The molecule has 1 aromatic rings. The molecule has 3 rings (SSSR count). The summed E-state index contributed by atoms with van der Waals surface area (Å²) in [6.45, 7) is 13.3. The Morgan fingerprint density at radius 2 is 2.14 bits per heavy atom. The molecular formula is C17H29N3O. The van der Waals surface area contributed by atoms with Crippen LogP contribution in [0.3, 0.4) is 0 Å². The molecule has 118 valence electrons. The third-order valence-corrected chi connectivity index (χ3v) is 4.86. The van der Waals surface area contributed by atoms with E-state index in [-0.39, 0.29) is 0 Å². The number of nitrogens with zero attached hydrogens (tertiary/aromatic N) is 2. The van der Waals surface area contributed by atoms with Crippen LogP contribution in [0.5, 0.6) is 0 Å². The van der Waals surface area contributed by atoms with Crippen molar-refractivity contribution in [2.45, 2.75) is 58.8 Å². The molecule has 0 radical (unpaired) electrons. The van der Waals surface area contributed by atoms with Crippen molar-refractivity contribution in [1.29, 1.82) is 0 Å². The molecule has 2 heterocycles. The van der Waals surface area contributed by atoms with Gasteiger partial charge in [-0.15, -0.1) is 0 Å². The first-order chi connectivity index (χ1) is 10.2. The maximum atomic E-state index is 5.90. The smallest absolute Gasteiger partial charge is 0.118 e. The quantitative estimate of drug-likeness (QED) is 0.872. The molecule has 4 nitrogen and oxygen atoms in total. The Morgan fingerprint density at radius 1 is 1.33 bits per heavy atom. The van der Waals surface area contributed by atoms with Crippen LogP contribution in [-0.4, -0.2) is 48.1 Å². The molecule has 1 unspecified atom stereocenters. The Kier molecular flexibility index (Phi) is 4.67. The standard InChI is InChI=1S/C17H29N3O/c1-4-20-8-7-19(11-13(20)2)12-15-9-17(21-14(15)3)10-18-16-5-6-16/h9,13,16,18H,4-8,10-12H2,1-3H3. The van der Waals surface area contributed by atoms with Crippen LogP contribution in [0.25, 0.3) is 0 Å². The maximum absolute atomic E-state index is 5.90. The highest BCUT2D eigenvalue weighted by Crippen LogP contribution is 2.22. The van der Waals surface area contributed by atoms with E-state index < -0.39 is 0 Å². The molecule has 2 aliphatic rings. The average molecular weight is 291 g/mol. The molecule has 1 saturated heterocycles. The lowest BCUT2D eigenvalue weighted by atomic mass is 10.1. The zero-order valence-electron chi connectivity index (χ0n) is 13.7. The number of piperazine rings is 1. The van der Waals surface area contributed by atoms with Crippen LogP contribution in [0.4, 0.5) is 0 Å². The van der Waals surface area contributed by atoms with Crippen molar-refractivity contribution in [2.75, 3.05) is 26.2 Å². The van der Waals surface area contributed by atoms with Crippen molar-refractivity contribution in [1.82, 2.24) is 15.1 Å². The van der Waals surface area contributed by atoms with Gasteiger partial charge < -0.3 is 9.73 Å². The van der Waals surface area contributed by atoms with Gasteiger partial charge in [0.25, 0.3) is 0 Å². The van der Waals surface area contributed by atoms with E-state index in [9.17, 15) is 0 Å². The summed E-state index contributed by atoms with van der Waals surface area (Å²) in [5.74, 6) is 2.18. The average Bonchev–Trinajstić information content (AvgIpc) is 3.22. The van der Waals surface area contributed by atoms with Gasteiger partial charge >= 0.3 is 0 Å². The summed E-state index contributed by atoms with van der Waals surface area (Å²) < 4.78 is 5.90. The Balaban J connectivity index is 1.54. The predicted molar refractivity (Wildman–Crippen MR) is 85.3 cm³/mol. The number of nitrogens with one attached hydrogen (secondary N) is 1. The van der Waals surface area contributed by atoms with E-state index in [4.69, 9.17) is 4.42 Å². The molecule has 1 aromatic heterocycles. The minimum Gasteiger partial charge on any atom is -0.465 e. The molecule has 2 fully saturated rings. The molecule has 1 aliphatic carbocycles. The van der Waals surface area contributed by atoms with Gasteiger partial charge in [0, 0.05) is 43.8 Å². The van der Waals surface area contributed by atoms with Crippen LogP contribution in [-0.2, 0) is 13.1 Å². The van der Waals surface area contributed by atoms with Gasteiger partial charge in [0.15, 0.2) is 0 Å². The zero-order valence-corrected chi connectivity index (χ0v) is 13.7.